The van der Waals surface area contributed by atoms with E-state index < -0.39 is 0 Å². The fraction of sp³-hybridized carbons (Fsp3) is 0.600. The summed E-state index contributed by atoms with van der Waals surface area (Å²) in [5.74, 6) is 0.626. The van der Waals surface area contributed by atoms with Gasteiger partial charge < -0.3 is 10.4 Å². The van der Waals surface area contributed by atoms with Crippen molar-refractivity contribution in [1.29, 1.82) is 0 Å². The van der Waals surface area contributed by atoms with Gasteiger partial charge in [-0.15, -0.1) is 0 Å². The molecule has 5 heteroatoms. The molecule has 0 saturated carbocycles. The van der Waals surface area contributed by atoms with Crippen LogP contribution in [0.25, 0.3) is 0 Å². The summed E-state index contributed by atoms with van der Waals surface area (Å²) in [7, 11) is 0. The van der Waals surface area contributed by atoms with Crippen molar-refractivity contribution in [3.63, 3.8) is 0 Å². The van der Waals surface area contributed by atoms with Crippen LogP contribution >= 0.6 is 11.8 Å². The maximum Gasteiger partial charge on any atom is 0.187 e. The van der Waals surface area contributed by atoms with Gasteiger partial charge in [0.1, 0.15) is 0 Å². The highest BCUT2D eigenvalue weighted by molar-refractivity contribution is 7.99. The molecule has 1 atom stereocenters. The van der Waals surface area contributed by atoms with Gasteiger partial charge in [0, 0.05) is 24.7 Å². The van der Waals surface area contributed by atoms with Crippen molar-refractivity contribution in [3.05, 3.63) is 18.5 Å². The lowest BCUT2D eigenvalue weighted by Crippen LogP contribution is -2.28. The minimum absolute atomic E-state index is 0.342. The van der Waals surface area contributed by atoms with Gasteiger partial charge in [-0.1, -0.05) is 18.7 Å². The standard InChI is InChI=1S/C10H17N3OS/c1-2-4-11-7-9(14)8-15-10-12-5-3-6-13-10/h3,5-6,9,11,14H,2,4,7-8H2,1H3. The summed E-state index contributed by atoms with van der Waals surface area (Å²) < 4.78 is 0. The van der Waals surface area contributed by atoms with E-state index in [1.165, 1.54) is 11.8 Å². The van der Waals surface area contributed by atoms with Crippen LogP contribution in [0.3, 0.4) is 0 Å². The van der Waals surface area contributed by atoms with Crippen LogP contribution in [-0.2, 0) is 0 Å². The van der Waals surface area contributed by atoms with Gasteiger partial charge in [-0.2, -0.15) is 0 Å². The van der Waals surface area contributed by atoms with E-state index in [9.17, 15) is 5.11 Å². The van der Waals surface area contributed by atoms with Crippen molar-refractivity contribution >= 4 is 11.8 Å². The highest BCUT2D eigenvalue weighted by atomic mass is 32.2. The first-order valence-electron chi connectivity index (χ1n) is 5.11. The quantitative estimate of drug-likeness (QED) is 0.412. The van der Waals surface area contributed by atoms with E-state index in [4.69, 9.17) is 0 Å². The molecule has 0 bridgehead atoms. The van der Waals surface area contributed by atoms with Gasteiger partial charge >= 0.3 is 0 Å². The molecule has 0 aromatic carbocycles. The minimum atomic E-state index is -0.342. The maximum atomic E-state index is 9.60. The molecule has 84 valence electrons. The summed E-state index contributed by atoms with van der Waals surface area (Å²) in [4.78, 5) is 8.13. The Labute approximate surface area is 94.5 Å². The fourth-order valence-electron chi connectivity index (χ4n) is 1.04. The van der Waals surface area contributed by atoms with Crippen molar-refractivity contribution in [2.24, 2.45) is 0 Å². The number of aromatic nitrogens is 2. The molecule has 1 heterocycles. The molecule has 4 nitrogen and oxygen atoms in total. The Bertz CT molecular complexity index is 258. The number of nitrogens with one attached hydrogen (secondary N) is 1. The lowest BCUT2D eigenvalue weighted by atomic mass is 10.4. The van der Waals surface area contributed by atoms with Crippen LogP contribution in [0, 0.1) is 0 Å². The number of aliphatic hydroxyl groups excluding tert-OH is 1. The minimum Gasteiger partial charge on any atom is -0.391 e. The second kappa shape index (κ2) is 7.62. The maximum absolute atomic E-state index is 9.60. The predicted octanol–water partition coefficient (Wildman–Crippen LogP) is 0.929. The third-order valence-electron chi connectivity index (χ3n) is 1.75. The Morgan fingerprint density at radius 2 is 2.20 bits per heavy atom. The molecule has 1 aromatic heterocycles. The zero-order chi connectivity index (χ0) is 10.9. The van der Waals surface area contributed by atoms with Crippen molar-refractivity contribution in [2.45, 2.75) is 24.6 Å². The Kier molecular flexibility index (Phi) is 6.31. The third-order valence-corrected chi connectivity index (χ3v) is 2.77. The van der Waals surface area contributed by atoms with Gasteiger partial charge in [0.2, 0.25) is 0 Å². The van der Waals surface area contributed by atoms with Gasteiger partial charge in [0.05, 0.1) is 6.10 Å². The number of aliphatic hydroxyl groups is 1. The van der Waals surface area contributed by atoms with E-state index >= 15 is 0 Å². The van der Waals surface area contributed by atoms with Gasteiger partial charge in [-0.05, 0) is 19.0 Å². The predicted molar refractivity (Wildman–Crippen MR) is 61.9 cm³/mol. The summed E-state index contributed by atoms with van der Waals surface area (Å²) in [5.41, 5.74) is 0. The average molecular weight is 227 g/mol. The largest absolute Gasteiger partial charge is 0.391 e. The molecule has 1 aromatic rings. The molecule has 0 aliphatic heterocycles. The lowest BCUT2D eigenvalue weighted by molar-refractivity contribution is 0.196. The summed E-state index contributed by atoms with van der Waals surface area (Å²) >= 11 is 1.47. The normalized spacial score (nSPS) is 12.7. The number of thioether (sulfide) groups is 1. The SMILES string of the molecule is CCCNCC(O)CSc1ncccn1. The highest BCUT2D eigenvalue weighted by Crippen LogP contribution is 2.11. The first-order chi connectivity index (χ1) is 7.33. The average Bonchev–Trinajstić information content (AvgIpc) is 2.28. The van der Waals surface area contributed by atoms with Crippen LogP contribution in [0.15, 0.2) is 23.6 Å². The molecule has 0 spiro atoms. The monoisotopic (exact) mass is 227 g/mol. The van der Waals surface area contributed by atoms with Crippen LogP contribution in [0.2, 0.25) is 0 Å². The molecule has 2 N–H and O–H groups in total. The summed E-state index contributed by atoms with van der Waals surface area (Å²) in [6.07, 6.45) is 4.15. The Balaban J connectivity index is 2.14. The zero-order valence-electron chi connectivity index (χ0n) is 8.89. The summed E-state index contributed by atoms with van der Waals surface area (Å²) in [5, 5.41) is 13.5. The van der Waals surface area contributed by atoms with Crippen LogP contribution in [0.4, 0.5) is 0 Å². The molecule has 0 saturated heterocycles. The van der Waals surface area contributed by atoms with Crippen LogP contribution < -0.4 is 5.32 Å². The highest BCUT2D eigenvalue weighted by Gasteiger charge is 2.05. The Morgan fingerprint density at radius 3 is 2.87 bits per heavy atom. The van der Waals surface area contributed by atoms with E-state index in [0.29, 0.717) is 17.5 Å². The van der Waals surface area contributed by atoms with Crippen molar-refractivity contribution in [3.8, 4) is 0 Å². The molecular formula is C10H17N3OS. The lowest BCUT2D eigenvalue weighted by Gasteiger charge is -2.09. The summed E-state index contributed by atoms with van der Waals surface area (Å²) in [6.45, 7) is 3.68. The molecule has 0 aliphatic rings. The van der Waals surface area contributed by atoms with Gasteiger partial charge in [-0.3, -0.25) is 0 Å². The topological polar surface area (TPSA) is 58.0 Å². The molecule has 15 heavy (non-hydrogen) atoms. The number of hydrogen-bond donors (Lipinski definition) is 2. The van der Waals surface area contributed by atoms with E-state index in [1.807, 2.05) is 0 Å². The Morgan fingerprint density at radius 1 is 1.47 bits per heavy atom. The van der Waals surface area contributed by atoms with Crippen molar-refractivity contribution in [1.82, 2.24) is 15.3 Å². The summed E-state index contributed by atoms with van der Waals surface area (Å²) in [6, 6.07) is 1.78. The van der Waals surface area contributed by atoms with Crippen molar-refractivity contribution < 1.29 is 5.11 Å². The van der Waals surface area contributed by atoms with Gasteiger partial charge in [0.25, 0.3) is 0 Å². The molecule has 0 amide bonds. The smallest absolute Gasteiger partial charge is 0.187 e. The van der Waals surface area contributed by atoms with Gasteiger partial charge in [0.15, 0.2) is 5.16 Å². The molecule has 0 aliphatic carbocycles. The first kappa shape index (κ1) is 12.4. The Hall–Kier alpha value is -0.650. The number of rotatable bonds is 7. The number of hydrogen-bond acceptors (Lipinski definition) is 5. The van der Waals surface area contributed by atoms with Crippen LogP contribution in [-0.4, -0.2) is 40.0 Å². The van der Waals surface area contributed by atoms with Gasteiger partial charge in [-0.25, -0.2) is 9.97 Å². The van der Waals surface area contributed by atoms with Crippen LogP contribution in [0.1, 0.15) is 13.3 Å². The molecule has 0 fully saturated rings. The molecule has 0 radical (unpaired) electrons. The van der Waals surface area contributed by atoms with E-state index in [1.54, 1.807) is 18.5 Å². The zero-order valence-corrected chi connectivity index (χ0v) is 9.70. The second-order valence-corrected chi connectivity index (χ2v) is 4.19. The van der Waals surface area contributed by atoms with E-state index in [-0.39, 0.29) is 6.10 Å². The fourth-order valence-corrected chi connectivity index (χ4v) is 1.77. The van der Waals surface area contributed by atoms with E-state index in [2.05, 4.69) is 22.2 Å². The number of nitrogens with zero attached hydrogens (tertiary/aromatic N) is 2. The molecular weight excluding hydrogens is 210 g/mol. The first-order valence-corrected chi connectivity index (χ1v) is 6.10. The molecule has 1 rings (SSSR count). The van der Waals surface area contributed by atoms with Crippen molar-refractivity contribution in [2.75, 3.05) is 18.8 Å². The second-order valence-electron chi connectivity index (χ2n) is 3.20. The van der Waals surface area contributed by atoms with E-state index in [0.717, 1.165) is 13.0 Å². The van der Waals surface area contributed by atoms with Crippen LogP contribution in [0.5, 0.6) is 0 Å². The molecule has 1 unspecified atom stereocenters. The third kappa shape index (κ3) is 5.71.